The molecular weight excluding hydrogens is 332 g/mol. The largest absolute Gasteiger partial charge is 0.477 e. The van der Waals surface area contributed by atoms with Gasteiger partial charge in [-0.15, -0.1) is 11.3 Å². The molecule has 0 amide bonds. The Morgan fingerprint density at radius 1 is 1.00 bits per heavy atom. The molecule has 5 rings (SSSR count). The fraction of sp³-hybridized carbons (Fsp3) is 0.190. The summed E-state index contributed by atoms with van der Waals surface area (Å²) < 4.78 is 6.40. The van der Waals surface area contributed by atoms with Crippen LogP contribution in [0.2, 0.25) is 0 Å². The van der Waals surface area contributed by atoms with Crippen molar-refractivity contribution in [3.05, 3.63) is 58.5 Å². The monoisotopic (exact) mass is 348 g/mol. The van der Waals surface area contributed by atoms with Gasteiger partial charge in [0.25, 0.3) is 0 Å². The molecule has 1 N–H and O–H groups in total. The molecule has 0 unspecified atom stereocenters. The van der Waals surface area contributed by atoms with Crippen molar-refractivity contribution in [1.29, 1.82) is 0 Å². The molecule has 4 heteroatoms. The van der Waals surface area contributed by atoms with Gasteiger partial charge < -0.3 is 9.84 Å². The standard InChI is InChI=1S/C21H16O3S/c22-21(23)18-11-16-14-7-3-4-8-17(14)24-19-13-6-2-1-5-12(13)9-10-15(19)20(16)25-18/h3-4,7-11H,1-2,5-6H2,(H,22,23). The van der Waals surface area contributed by atoms with Crippen molar-refractivity contribution < 1.29 is 14.6 Å². The highest BCUT2D eigenvalue weighted by atomic mass is 32.1. The highest BCUT2D eigenvalue weighted by Crippen LogP contribution is 2.52. The summed E-state index contributed by atoms with van der Waals surface area (Å²) in [5.74, 6) is 0.842. The molecule has 0 saturated heterocycles. The smallest absolute Gasteiger partial charge is 0.345 e. The number of hydrogen-bond acceptors (Lipinski definition) is 3. The molecule has 1 aliphatic carbocycles. The molecule has 0 atom stereocenters. The molecule has 1 aromatic heterocycles. The predicted octanol–water partition coefficient (Wildman–Crippen LogP) is 5.76. The first-order valence-electron chi connectivity index (χ1n) is 8.52. The van der Waals surface area contributed by atoms with Gasteiger partial charge in [-0.2, -0.15) is 0 Å². The van der Waals surface area contributed by atoms with Crippen LogP contribution >= 0.6 is 11.3 Å². The number of carboxylic acid groups (broad SMARTS) is 1. The van der Waals surface area contributed by atoms with E-state index in [-0.39, 0.29) is 0 Å². The van der Waals surface area contributed by atoms with Gasteiger partial charge in [-0.05, 0) is 55.0 Å². The van der Waals surface area contributed by atoms with Crippen LogP contribution in [0.1, 0.15) is 33.6 Å². The number of thiophene rings is 1. The van der Waals surface area contributed by atoms with Gasteiger partial charge in [0.2, 0.25) is 0 Å². The van der Waals surface area contributed by atoms with Crippen LogP contribution in [0.4, 0.5) is 0 Å². The van der Waals surface area contributed by atoms with Gasteiger partial charge in [0.1, 0.15) is 16.4 Å². The first kappa shape index (κ1) is 14.7. The maximum Gasteiger partial charge on any atom is 0.345 e. The van der Waals surface area contributed by atoms with Gasteiger partial charge in [-0.25, -0.2) is 4.79 Å². The van der Waals surface area contributed by atoms with E-state index < -0.39 is 5.97 Å². The third-order valence-corrected chi connectivity index (χ3v) is 6.21. The number of benzene rings is 2. The molecule has 3 nitrogen and oxygen atoms in total. The van der Waals surface area contributed by atoms with Crippen molar-refractivity contribution in [1.82, 2.24) is 0 Å². The van der Waals surface area contributed by atoms with Crippen molar-refractivity contribution in [2.75, 3.05) is 0 Å². The SMILES string of the molecule is O=C(O)c1cc2c(s1)-c1ccc3c(c1Oc1ccccc1-2)CCCC3. The van der Waals surface area contributed by atoms with E-state index in [9.17, 15) is 9.90 Å². The lowest BCUT2D eigenvalue weighted by atomic mass is 9.88. The molecule has 0 fully saturated rings. The number of rotatable bonds is 1. The van der Waals surface area contributed by atoms with Crippen LogP contribution in [0.5, 0.6) is 11.5 Å². The van der Waals surface area contributed by atoms with Crippen LogP contribution in [0.15, 0.2) is 42.5 Å². The minimum absolute atomic E-state index is 0.366. The van der Waals surface area contributed by atoms with E-state index in [4.69, 9.17) is 4.74 Å². The van der Waals surface area contributed by atoms with Gasteiger partial charge >= 0.3 is 5.97 Å². The molecule has 0 spiro atoms. The second-order valence-electron chi connectivity index (χ2n) is 6.54. The van der Waals surface area contributed by atoms with E-state index in [0.717, 1.165) is 45.9 Å². The molecule has 0 bridgehead atoms. The number of aryl methyl sites for hydroxylation is 1. The Hall–Kier alpha value is -2.59. The average molecular weight is 348 g/mol. The lowest BCUT2D eigenvalue weighted by Gasteiger charge is -2.21. The van der Waals surface area contributed by atoms with Crippen LogP contribution in [0, 0.1) is 0 Å². The van der Waals surface area contributed by atoms with Crippen molar-refractivity contribution in [3.8, 4) is 33.1 Å². The summed E-state index contributed by atoms with van der Waals surface area (Å²) in [6.07, 6.45) is 4.50. The molecule has 0 saturated carbocycles. The summed E-state index contributed by atoms with van der Waals surface area (Å²) in [5.41, 5.74) is 5.58. The third-order valence-electron chi connectivity index (χ3n) is 5.06. The summed E-state index contributed by atoms with van der Waals surface area (Å²) >= 11 is 1.33. The molecule has 124 valence electrons. The van der Waals surface area contributed by atoms with Gasteiger partial charge in [0.05, 0.1) is 0 Å². The first-order chi connectivity index (χ1) is 12.2. The molecular formula is C21H16O3S. The van der Waals surface area contributed by atoms with E-state index in [2.05, 4.69) is 12.1 Å². The minimum atomic E-state index is -0.879. The maximum atomic E-state index is 11.5. The quantitative estimate of drug-likeness (QED) is 0.475. The fourth-order valence-corrected chi connectivity index (χ4v) is 4.91. The Labute approximate surface area is 149 Å². The van der Waals surface area contributed by atoms with Crippen LogP contribution in [0.25, 0.3) is 21.6 Å². The molecule has 2 aliphatic rings. The lowest BCUT2D eigenvalue weighted by molar-refractivity contribution is 0.0702. The Bertz CT molecular complexity index is 1020. The maximum absolute atomic E-state index is 11.5. The topological polar surface area (TPSA) is 46.5 Å². The molecule has 2 heterocycles. The van der Waals surface area contributed by atoms with Crippen LogP contribution < -0.4 is 4.74 Å². The van der Waals surface area contributed by atoms with Gasteiger partial charge in [-0.3, -0.25) is 0 Å². The number of ether oxygens (including phenoxy) is 1. The van der Waals surface area contributed by atoms with E-state index in [1.165, 1.54) is 35.3 Å². The highest BCUT2D eigenvalue weighted by molar-refractivity contribution is 7.18. The number of aromatic carboxylic acids is 1. The third kappa shape index (κ3) is 2.21. The predicted molar refractivity (Wildman–Crippen MR) is 98.9 cm³/mol. The van der Waals surface area contributed by atoms with Crippen molar-refractivity contribution >= 4 is 17.3 Å². The number of para-hydroxylation sites is 1. The molecule has 25 heavy (non-hydrogen) atoms. The summed E-state index contributed by atoms with van der Waals surface area (Å²) in [4.78, 5) is 12.9. The normalized spacial score (nSPS) is 14.4. The van der Waals surface area contributed by atoms with Crippen molar-refractivity contribution in [2.24, 2.45) is 0 Å². The Kier molecular flexibility index (Phi) is 3.22. The van der Waals surface area contributed by atoms with E-state index in [0.29, 0.717) is 4.88 Å². The van der Waals surface area contributed by atoms with Crippen molar-refractivity contribution in [2.45, 2.75) is 25.7 Å². The van der Waals surface area contributed by atoms with Gasteiger partial charge in [0, 0.05) is 21.6 Å². The van der Waals surface area contributed by atoms with Crippen LogP contribution in [-0.4, -0.2) is 11.1 Å². The Morgan fingerprint density at radius 2 is 1.84 bits per heavy atom. The first-order valence-corrected chi connectivity index (χ1v) is 9.33. The van der Waals surface area contributed by atoms with E-state index in [1.54, 1.807) is 6.07 Å². The second kappa shape index (κ2) is 5.46. The number of fused-ring (bicyclic) bond motifs is 7. The van der Waals surface area contributed by atoms with Gasteiger partial charge in [-0.1, -0.05) is 24.3 Å². The lowest BCUT2D eigenvalue weighted by Crippen LogP contribution is -2.05. The molecule has 1 aliphatic heterocycles. The molecule has 0 radical (unpaired) electrons. The Balaban J connectivity index is 1.85. The molecule has 3 aromatic rings. The zero-order valence-electron chi connectivity index (χ0n) is 13.5. The zero-order valence-corrected chi connectivity index (χ0v) is 14.4. The summed E-state index contributed by atoms with van der Waals surface area (Å²) in [6, 6.07) is 14.0. The second-order valence-corrected chi connectivity index (χ2v) is 7.60. The highest BCUT2D eigenvalue weighted by Gasteiger charge is 2.28. The molecule has 2 aromatic carbocycles. The number of hydrogen-bond donors (Lipinski definition) is 1. The summed E-state index contributed by atoms with van der Waals surface area (Å²) in [5, 5.41) is 9.47. The minimum Gasteiger partial charge on any atom is -0.477 e. The zero-order chi connectivity index (χ0) is 17.0. The summed E-state index contributed by atoms with van der Waals surface area (Å²) in [7, 11) is 0. The fourth-order valence-electron chi connectivity index (χ4n) is 3.87. The van der Waals surface area contributed by atoms with Crippen LogP contribution in [-0.2, 0) is 12.8 Å². The van der Waals surface area contributed by atoms with Crippen molar-refractivity contribution in [3.63, 3.8) is 0 Å². The van der Waals surface area contributed by atoms with E-state index in [1.807, 2.05) is 24.3 Å². The van der Waals surface area contributed by atoms with Gasteiger partial charge in [0.15, 0.2) is 0 Å². The average Bonchev–Trinajstić information content (AvgIpc) is 3.03. The van der Waals surface area contributed by atoms with E-state index >= 15 is 0 Å². The summed E-state index contributed by atoms with van der Waals surface area (Å²) in [6.45, 7) is 0. The number of carboxylic acids is 1. The number of carbonyl (C=O) groups is 1. The Morgan fingerprint density at radius 3 is 2.72 bits per heavy atom. The van der Waals surface area contributed by atoms with Crippen LogP contribution in [0.3, 0.4) is 0 Å².